The highest BCUT2D eigenvalue weighted by molar-refractivity contribution is 5.44. The number of hydrogen-bond donors (Lipinski definition) is 2. The van der Waals surface area contributed by atoms with Crippen LogP contribution in [0.4, 0.5) is 5.82 Å². The average molecular weight is 245 g/mol. The van der Waals surface area contributed by atoms with Gasteiger partial charge in [-0.05, 0) is 6.42 Å². The van der Waals surface area contributed by atoms with Gasteiger partial charge in [-0.3, -0.25) is 0 Å². The molecule has 0 aliphatic rings. The lowest BCUT2D eigenvalue weighted by molar-refractivity contribution is 0.881. The van der Waals surface area contributed by atoms with Crippen LogP contribution in [0.5, 0.6) is 0 Å². The molecule has 9 heteroatoms. The molecule has 2 N–H and O–H groups in total. The first-order valence-corrected chi connectivity index (χ1v) is 5.52. The number of nitrogens with zero attached hydrogens (tertiary/aromatic N) is 7. The minimum Gasteiger partial charge on any atom is -0.362 e. The van der Waals surface area contributed by atoms with Crippen molar-refractivity contribution < 1.29 is 0 Å². The van der Waals surface area contributed by atoms with E-state index in [1.807, 2.05) is 13.0 Å². The molecule has 18 heavy (non-hydrogen) atoms. The predicted octanol–water partition coefficient (Wildman–Crippen LogP) is -0.188. The largest absolute Gasteiger partial charge is 0.362 e. The molecule has 0 amide bonds. The van der Waals surface area contributed by atoms with Gasteiger partial charge in [0.05, 0.1) is 6.54 Å². The van der Waals surface area contributed by atoms with Crippen LogP contribution >= 0.6 is 0 Å². The van der Waals surface area contributed by atoms with E-state index < -0.39 is 0 Å². The third kappa shape index (κ3) is 1.85. The Morgan fingerprint density at radius 3 is 3.17 bits per heavy atom. The summed E-state index contributed by atoms with van der Waals surface area (Å²) in [6.07, 6.45) is 2.31. The monoisotopic (exact) mass is 245 g/mol. The lowest BCUT2D eigenvalue weighted by Crippen LogP contribution is -2.08. The molecule has 0 aliphatic carbocycles. The quantitative estimate of drug-likeness (QED) is 0.655. The molecule has 3 aromatic rings. The van der Waals surface area contributed by atoms with Gasteiger partial charge in [-0.2, -0.15) is 19.8 Å². The van der Waals surface area contributed by atoms with Gasteiger partial charge in [0.25, 0.3) is 5.78 Å². The van der Waals surface area contributed by atoms with Gasteiger partial charge in [-0.25, -0.2) is 4.98 Å². The van der Waals surface area contributed by atoms with E-state index in [4.69, 9.17) is 0 Å². The zero-order valence-electron chi connectivity index (χ0n) is 9.70. The Bertz CT molecular complexity index is 641. The third-order valence-corrected chi connectivity index (χ3v) is 2.48. The molecule has 0 radical (unpaired) electrons. The molecule has 92 valence electrons. The summed E-state index contributed by atoms with van der Waals surface area (Å²) in [5.74, 6) is 1.96. The predicted molar refractivity (Wildman–Crippen MR) is 61.7 cm³/mol. The number of hydrogen-bond acceptors (Lipinski definition) is 7. The molecule has 3 aromatic heterocycles. The normalized spacial score (nSPS) is 10.9. The molecule has 0 spiro atoms. The molecule has 0 bridgehead atoms. The van der Waals surface area contributed by atoms with Crippen molar-refractivity contribution in [3.05, 3.63) is 23.9 Å². The van der Waals surface area contributed by atoms with Crippen LogP contribution in [0.25, 0.3) is 5.78 Å². The number of aromatic nitrogens is 8. The highest BCUT2D eigenvalue weighted by atomic mass is 15.5. The highest BCUT2D eigenvalue weighted by Crippen LogP contribution is 2.11. The maximum absolute atomic E-state index is 4.36. The second kappa shape index (κ2) is 4.35. The zero-order chi connectivity index (χ0) is 12.4. The number of H-pyrrole nitrogens is 1. The van der Waals surface area contributed by atoms with Crippen molar-refractivity contribution in [2.75, 3.05) is 5.32 Å². The van der Waals surface area contributed by atoms with Crippen LogP contribution in [0.3, 0.4) is 0 Å². The number of tetrazole rings is 1. The van der Waals surface area contributed by atoms with Gasteiger partial charge in [-0.1, -0.05) is 12.1 Å². The Labute approximate surface area is 102 Å². The molecule has 3 rings (SSSR count). The third-order valence-electron chi connectivity index (χ3n) is 2.48. The molecular weight excluding hydrogens is 234 g/mol. The van der Waals surface area contributed by atoms with Crippen molar-refractivity contribution in [3.8, 4) is 0 Å². The molecule has 0 saturated heterocycles. The first kappa shape index (κ1) is 10.6. The van der Waals surface area contributed by atoms with Gasteiger partial charge >= 0.3 is 0 Å². The Balaban J connectivity index is 1.92. The van der Waals surface area contributed by atoms with Crippen LogP contribution in [0, 0.1) is 0 Å². The van der Waals surface area contributed by atoms with Crippen LogP contribution in [-0.2, 0) is 13.0 Å². The molecule has 0 aromatic carbocycles. The van der Waals surface area contributed by atoms with E-state index in [9.17, 15) is 0 Å². The van der Waals surface area contributed by atoms with Gasteiger partial charge in [-0.15, -0.1) is 10.2 Å². The Kier molecular flexibility index (Phi) is 2.56. The fourth-order valence-electron chi connectivity index (χ4n) is 1.60. The van der Waals surface area contributed by atoms with Crippen molar-refractivity contribution in [1.82, 2.24) is 40.2 Å². The van der Waals surface area contributed by atoms with E-state index in [2.05, 4.69) is 41.0 Å². The Morgan fingerprint density at radius 1 is 1.44 bits per heavy atom. The number of rotatable bonds is 4. The van der Waals surface area contributed by atoms with E-state index in [1.54, 1.807) is 4.52 Å². The SMILES string of the molecule is CCc1cc(NCc2nn[nH]n2)n2ncnc2n1. The lowest BCUT2D eigenvalue weighted by Gasteiger charge is -2.07. The second-order valence-electron chi connectivity index (χ2n) is 3.64. The molecule has 3 heterocycles. The van der Waals surface area contributed by atoms with Crippen LogP contribution in [-0.4, -0.2) is 40.2 Å². The van der Waals surface area contributed by atoms with Crippen molar-refractivity contribution in [1.29, 1.82) is 0 Å². The average Bonchev–Trinajstić information content (AvgIpc) is 3.06. The maximum atomic E-state index is 4.36. The minimum absolute atomic E-state index is 0.457. The molecule has 0 unspecified atom stereocenters. The summed E-state index contributed by atoms with van der Waals surface area (Å²) in [6.45, 7) is 2.50. The second-order valence-corrected chi connectivity index (χ2v) is 3.64. The van der Waals surface area contributed by atoms with Gasteiger partial charge in [0, 0.05) is 11.8 Å². The van der Waals surface area contributed by atoms with Crippen molar-refractivity contribution >= 4 is 11.6 Å². The minimum atomic E-state index is 0.457. The summed E-state index contributed by atoms with van der Waals surface area (Å²) in [5.41, 5.74) is 0.950. The molecule has 0 atom stereocenters. The number of aromatic amines is 1. The number of anilines is 1. The molecule has 0 saturated carbocycles. The van der Waals surface area contributed by atoms with Crippen molar-refractivity contribution in [3.63, 3.8) is 0 Å². The summed E-state index contributed by atoms with van der Waals surface area (Å²) in [6, 6.07) is 1.93. The molecule has 9 nitrogen and oxygen atoms in total. The summed E-state index contributed by atoms with van der Waals surface area (Å²) in [4.78, 5) is 8.44. The molecule has 0 fully saturated rings. The highest BCUT2D eigenvalue weighted by Gasteiger charge is 2.07. The van der Waals surface area contributed by atoms with Crippen molar-refractivity contribution in [2.24, 2.45) is 0 Å². The van der Waals surface area contributed by atoms with Crippen LogP contribution in [0.15, 0.2) is 12.4 Å². The van der Waals surface area contributed by atoms with Gasteiger partial charge < -0.3 is 5.32 Å². The fourth-order valence-corrected chi connectivity index (χ4v) is 1.60. The fraction of sp³-hybridized carbons (Fsp3) is 0.333. The standard InChI is InChI=1S/C9H11N9/c1-2-6-3-8(10-4-7-14-16-17-15-7)18-9(13-6)11-5-12-18/h3,5,10H,2,4H2,1H3,(H,14,15,16,17). The number of aryl methyl sites for hydroxylation is 1. The number of fused-ring (bicyclic) bond motifs is 1. The van der Waals surface area contributed by atoms with Crippen LogP contribution in [0.1, 0.15) is 18.4 Å². The summed E-state index contributed by atoms with van der Waals surface area (Å²) < 4.78 is 1.64. The van der Waals surface area contributed by atoms with E-state index >= 15 is 0 Å². The van der Waals surface area contributed by atoms with E-state index in [-0.39, 0.29) is 0 Å². The zero-order valence-corrected chi connectivity index (χ0v) is 9.70. The first-order chi connectivity index (χ1) is 8.86. The lowest BCUT2D eigenvalue weighted by atomic mass is 10.3. The Hall–Kier alpha value is -2.58. The van der Waals surface area contributed by atoms with Gasteiger partial charge in [0.1, 0.15) is 12.1 Å². The molecule has 0 aliphatic heterocycles. The van der Waals surface area contributed by atoms with Gasteiger partial charge in [0.2, 0.25) is 0 Å². The number of nitrogens with one attached hydrogen (secondary N) is 2. The summed E-state index contributed by atoms with van der Waals surface area (Å²) >= 11 is 0. The van der Waals surface area contributed by atoms with E-state index in [1.165, 1.54) is 6.33 Å². The van der Waals surface area contributed by atoms with E-state index in [0.717, 1.165) is 17.9 Å². The van der Waals surface area contributed by atoms with Crippen molar-refractivity contribution in [2.45, 2.75) is 19.9 Å². The smallest absolute Gasteiger partial charge is 0.254 e. The summed E-state index contributed by atoms with van der Waals surface area (Å²) in [5, 5.41) is 20.9. The first-order valence-electron chi connectivity index (χ1n) is 5.52. The van der Waals surface area contributed by atoms with Gasteiger partial charge in [0.15, 0.2) is 5.82 Å². The molecular formula is C9H11N9. The van der Waals surface area contributed by atoms with Crippen LogP contribution in [0.2, 0.25) is 0 Å². The summed E-state index contributed by atoms with van der Waals surface area (Å²) in [7, 11) is 0. The Morgan fingerprint density at radius 2 is 2.39 bits per heavy atom. The van der Waals surface area contributed by atoms with E-state index in [0.29, 0.717) is 18.1 Å². The van der Waals surface area contributed by atoms with Crippen LogP contribution < -0.4 is 5.32 Å². The maximum Gasteiger partial charge on any atom is 0.254 e. The topological polar surface area (TPSA) is 110 Å².